The SMILES string of the molecule is CCCCCCCCCCCCCCOCCN1CC[N+](CCO)=C1CCCCCCCCCCCCC. The first-order valence-electron chi connectivity index (χ1n) is 17.4. The van der Waals surface area contributed by atoms with E-state index in [0.717, 1.165) is 45.8 Å². The summed E-state index contributed by atoms with van der Waals surface area (Å²) >= 11 is 0. The van der Waals surface area contributed by atoms with E-state index in [9.17, 15) is 5.11 Å². The van der Waals surface area contributed by atoms with Gasteiger partial charge in [0, 0.05) is 13.0 Å². The van der Waals surface area contributed by atoms with E-state index in [0.29, 0.717) is 0 Å². The largest absolute Gasteiger partial charge is 0.392 e. The molecule has 1 N–H and O–H groups in total. The highest BCUT2D eigenvalue weighted by Crippen LogP contribution is 2.15. The molecule has 0 bridgehead atoms. The molecule has 1 aliphatic rings. The smallest absolute Gasteiger partial charge is 0.247 e. The number of β-amino-alcohol motifs (C(OH)–C–C–N with tert-alkyl or cyclic N) is 1. The van der Waals surface area contributed by atoms with Crippen molar-refractivity contribution in [1.29, 1.82) is 0 Å². The highest BCUT2D eigenvalue weighted by molar-refractivity contribution is 5.78. The predicted octanol–water partition coefficient (Wildman–Crippen LogP) is 9.12. The summed E-state index contributed by atoms with van der Waals surface area (Å²) in [6.45, 7) is 10.5. The molecule has 0 amide bonds. The number of hydrogen-bond acceptors (Lipinski definition) is 3. The summed E-state index contributed by atoms with van der Waals surface area (Å²) in [4.78, 5) is 2.54. The van der Waals surface area contributed by atoms with Gasteiger partial charge in [-0.25, -0.2) is 0 Å². The van der Waals surface area contributed by atoms with Crippen molar-refractivity contribution in [3.8, 4) is 0 Å². The first kappa shape index (κ1) is 35.4. The monoisotopic (exact) mass is 538 g/mol. The Hall–Kier alpha value is -0.610. The Morgan fingerprint density at radius 2 is 1.05 bits per heavy atom. The predicted molar refractivity (Wildman–Crippen MR) is 167 cm³/mol. The van der Waals surface area contributed by atoms with Crippen molar-refractivity contribution in [2.45, 2.75) is 168 Å². The molecule has 4 heteroatoms. The van der Waals surface area contributed by atoms with E-state index in [-0.39, 0.29) is 6.61 Å². The van der Waals surface area contributed by atoms with Gasteiger partial charge in [0.1, 0.15) is 26.2 Å². The van der Waals surface area contributed by atoms with Gasteiger partial charge in [0.05, 0.1) is 13.2 Å². The Morgan fingerprint density at radius 3 is 1.53 bits per heavy atom. The van der Waals surface area contributed by atoms with Gasteiger partial charge in [0.15, 0.2) is 0 Å². The lowest BCUT2D eigenvalue weighted by Gasteiger charge is -2.14. The first-order chi connectivity index (χ1) is 18.8. The topological polar surface area (TPSA) is 35.7 Å². The van der Waals surface area contributed by atoms with E-state index < -0.39 is 0 Å². The van der Waals surface area contributed by atoms with Crippen molar-refractivity contribution < 1.29 is 14.4 Å². The summed E-state index contributed by atoms with van der Waals surface area (Å²) in [5.74, 6) is 1.46. The van der Waals surface area contributed by atoms with Gasteiger partial charge in [0.2, 0.25) is 5.84 Å². The molecule has 1 rings (SSSR count). The minimum atomic E-state index is 0.255. The maximum atomic E-state index is 9.51. The standard InChI is InChI=1S/C34H69N2O2/c1-3-5-7-9-11-13-15-17-19-21-23-25-32-38-33-30-36-28-27-35(29-31-37)34(36)26-24-22-20-18-16-14-12-10-8-6-4-2/h37H,3-33H2,1-2H3/q+1. The zero-order valence-electron chi connectivity index (χ0n) is 26.2. The van der Waals surface area contributed by atoms with Crippen LogP contribution >= 0.6 is 0 Å². The van der Waals surface area contributed by atoms with E-state index in [1.807, 2.05) is 0 Å². The molecule has 0 unspecified atom stereocenters. The number of aliphatic hydroxyl groups excluding tert-OH is 1. The molecule has 1 heterocycles. The molecule has 0 atom stereocenters. The minimum absolute atomic E-state index is 0.255. The van der Waals surface area contributed by atoms with Gasteiger partial charge < -0.3 is 9.84 Å². The highest BCUT2D eigenvalue weighted by Gasteiger charge is 2.29. The molecule has 38 heavy (non-hydrogen) atoms. The Labute approximate surface area is 239 Å². The third-order valence-corrected chi connectivity index (χ3v) is 8.39. The van der Waals surface area contributed by atoms with Crippen LogP contribution in [0.1, 0.15) is 168 Å². The molecule has 0 radical (unpaired) electrons. The maximum absolute atomic E-state index is 9.51. The zero-order chi connectivity index (χ0) is 27.4. The molecule has 0 spiro atoms. The second-order valence-corrected chi connectivity index (χ2v) is 11.9. The van der Waals surface area contributed by atoms with Crippen LogP contribution in [0.25, 0.3) is 0 Å². The number of nitrogens with zero attached hydrogens (tertiary/aromatic N) is 2. The summed E-state index contributed by atoms with van der Waals surface area (Å²) in [6, 6.07) is 0. The molecule has 226 valence electrons. The minimum Gasteiger partial charge on any atom is -0.392 e. The van der Waals surface area contributed by atoms with Gasteiger partial charge in [-0.05, 0) is 12.8 Å². The number of unbranched alkanes of at least 4 members (excludes halogenated alkanes) is 21. The third kappa shape index (κ3) is 20.3. The molecule has 0 saturated heterocycles. The molecule has 0 aromatic carbocycles. The van der Waals surface area contributed by atoms with Crippen LogP contribution in [0.3, 0.4) is 0 Å². The Kier molecular flexibility index (Phi) is 26.0. The van der Waals surface area contributed by atoms with Crippen LogP contribution in [0.4, 0.5) is 0 Å². The van der Waals surface area contributed by atoms with E-state index in [1.165, 1.54) is 154 Å². The lowest BCUT2D eigenvalue weighted by atomic mass is 10.1. The van der Waals surface area contributed by atoms with Gasteiger partial charge >= 0.3 is 0 Å². The van der Waals surface area contributed by atoms with Crippen molar-refractivity contribution in [3.63, 3.8) is 0 Å². The third-order valence-electron chi connectivity index (χ3n) is 8.39. The fourth-order valence-corrected chi connectivity index (χ4v) is 5.89. The number of rotatable bonds is 30. The molecule has 0 saturated carbocycles. The second-order valence-electron chi connectivity index (χ2n) is 11.9. The van der Waals surface area contributed by atoms with Crippen LogP contribution in [-0.4, -0.2) is 66.4 Å². The molecule has 0 fully saturated rings. The number of amidine groups is 1. The Balaban J connectivity index is 2.02. The van der Waals surface area contributed by atoms with Crippen LogP contribution in [0, 0.1) is 0 Å². The quantitative estimate of drug-likeness (QED) is 0.0733. The number of hydrogen-bond donors (Lipinski definition) is 1. The maximum Gasteiger partial charge on any atom is 0.247 e. The number of aliphatic hydroxyl groups is 1. The van der Waals surface area contributed by atoms with Gasteiger partial charge in [-0.1, -0.05) is 149 Å². The fourth-order valence-electron chi connectivity index (χ4n) is 5.89. The normalized spacial score (nSPS) is 13.8. The van der Waals surface area contributed by atoms with Crippen molar-refractivity contribution in [2.75, 3.05) is 46.0 Å². The molecule has 0 aromatic rings. The summed E-state index contributed by atoms with van der Waals surface area (Å²) in [5, 5.41) is 9.51. The van der Waals surface area contributed by atoms with E-state index in [2.05, 4.69) is 23.3 Å². The van der Waals surface area contributed by atoms with Gasteiger partial charge in [-0.3, -0.25) is 9.48 Å². The molecular formula is C34H69N2O2+. The highest BCUT2D eigenvalue weighted by atomic mass is 16.5. The van der Waals surface area contributed by atoms with Crippen LogP contribution in [0.2, 0.25) is 0 Å². The first-order valence-corrected chi connectivity index (χ1v) is 17.4. The van der Waals surface area contributed by atoms with Crippen molar-refractivity contribution in [2.24, 2.45) is 0 Å². The molecule has 0 aliphatic carbocycles. The summed E-state index contributed by atoms with van der Waals surface area (Å²) < 4.78 is 8.44. The van der Waals surface area contributed by atoms with Crippen LogP contribution < -0.4 is 0 Å². The molecule has 0 aromatic heterocycles. The Bertz CT molecular complexity index is 523. The van der Waals surface area contributed by atoms with Gasteiger partial charge in [0.25, 0.3) is 0 Å². The van der Waals surface area contributed by atoms with Crippen LogP contribution in [0.15, 0.2) is 0 Å². The number of ether oxygens (including phenoxy) is 1. The zero-order valence-corrected chi connectivity index (χ0v) is 26.2. The lowest BCUT2D eigenvalue weighted by molar-refractivity contribution is -0.521. The van der Waals surface area contributed by atoms with E-state index >= 15 is 0 Å². The van der Waals surface area contributed by atoms with Crippen molar-refractivity contribution >= 4 is 5.84 Å². The molecule has 1 aliphatic heterocycles. The average Bonchev–Trinajstić information content (AvgIpc) is 3.30. The summed E-state index contributed by atoms with van der Waals surface area (Å²) in [5.41, 5.74) is 0. The molecule has 4 nitrogen and oxygen atoms in total. The van der Waals surface area contributed by atoms with Crippen molar-refractivity contribution in [1.82, 2.24) is 4.90 Å². The lowest BCUT2D eigenvalue weighted by Crippen LogP contribution is -2.33. The van der Waals surface area contributed by atoms with E-state index in [4.69, 9.17) is 4.74 Å². The van der Waals surface area contributed by atoms with Crippen LogP contribution in [-0.2, 0) is 4.74 Å². The molecular weight excluding hydrogens is 468 g/mol. The Morgan fingerprint density at radius 1 is 0.605 bits per heavy atom. The van der Waals surface area contributed by atoms with Crippen LogP contribution in [0.5, 0.6) is 0 Å². The van der Waals surface area contributed by atoms with E-state index in [1.54, 1.807) is 0 Å². The van der Waals surface area contributed by atoms with Crippen molar-refractivity contribution in [3.05, 3.63) is 0 Å². The second kappa shape index (κ2) is 27.9. The van der Waals surface area contributed by atoms with Gasteiger partial charge in [-0.15, -0.1) is 0 Å². The fraction of sp³-hybridized carbons (Fsp3) is 0.971. The summed E-state index contributed by atoms with van der Waals surface area (Å²) in [7, 11) is 0. The van der Waals surface area contributed by atoms with Gasteiger partial charge in [-0.2, -0.15) is 0 Å². The summed E-state index contributed by atoms with van der Waals surface area (Å²) in [6.07, 6.45) is 33.2. The average molecular weight is 538 g/mol.